The van der Waals surface area contributed by atoms with Crippen LogP contribution in [0.3, 0.4) is 0 Å². The number of hydrogen-bond acceptors (Lipinski definition) is 4. The predicted octanol–water partition coefficient (Wildman–Crippen LogP) is 4.37. The van der Waals surface area contributed by atoms with Crippen molar-refractivity contribution in [3.05, 3.63) is 83.0 Å². The molecule has 1 fully saturated rings. The highest BCUT2D eigenvalue weighted by Crippen LogP contribution is 2.41. The summed E-state index contributed by atoms with van der Waals surface area (Å²) in [6.07, 6.45) is 8.92. The molecule has 0 aliphatic carbocycles. The van der Waals surface area contributed by atoms with Crippen molar-refractivity contribution in [2.45, 2.75) is 25.3 Å². The first-order chi connectivity index (χ1) is 14.6. The van der Waals surface area contributed by atoms with Crippen molar-refractivity contribution in [2.24, 2.45) is 5.92 Å². The number of carbonyl (C=O) groups is 1. The number of hydrogen-bond donors (Lipinski definition) is 0. The van der Waals surface area contributed by atoms with Crippen LogP contribution >= 0.6 is 11.8 Å². The molecule has 0 radical (unpaired) electrons. The predicted molar refractivity (Wildman–Crippen MR) is 116 cm³/mol. The number of thioether (sulfide) groups is 1. The molecule has 2 aromatic heterocycles. The van der Waals surface area contributed by atoms with Crippen molar-refractivity contribution in [3.8, 4) is 0 Å². The summed E-state index contributed by atoms with van der Waals surface area (Å²) in [6.45, 7) is 4.26. The second kappa shape index (κ2) is 7.80. The van der Waals surface area contributed by atoms with Gasteiger partial charge in [0.25, 0.3) is 5.91 Å². The van der Waals surface area contributed by atoms with E-state index in [2.05, 4.69) is 35.1 Å². The summed E-state index contributed by atoms with van der Waals surface area (Å²) in [5.74, 6) is -0.316. The van der Waals surface area contributed by atoms with Crippen LogP contribution in [0.15, 0.2) is 66.1 Å². The second-order valence-corrected chi connectivity index (χ2v) is 9.29. The van der Waals surface area contributed by atoms with Gasteiger partial charge in [0, 0.05) is 50.3 Å². The third kappa shape index (κ3) is 3.58. The highest BCUT2D eigenvalue weighted by atomic mass is 32.2. The Hall–Kier alpha value is -2.80. The molecule has 4 heterocycles. The summed E-state index contributed by atoms with van der Waals surface area (Å²) in [6, 6.07) is 10.5. The molecule has 7 heteroatoms. The minimum Gasteiger partial charge on any atom is -0.360 e. The van der Waals surface area contributed by atoms with E-state index >= 15 is 0 Å². The van der Waals surface area contributed by atoms with Crippen molar-refractivity contribution in [3.63, 3.8) is 0 Å². The van der Waals surface area contributed by atoms with Gasteiger partial charge in [-0.1, -0.05) is 12.1 Å². The fraction of sp³-hybridized carbons (Fsp3) is 0.304. The van der Waals surface area contributed by atoms with E-state index in [1.165, 1.54) is 16.5 Å². The zero-order chi connectivity index (χ0) is 20.7. The summed E-state index contributed by atoms with van der Waals surface area (Å²) >= 11 is 1.86. The zero-order valence-electron chi connectivity index (χ0n) is 16.7. The smallest absolute Gasteiger partial charge is 0.256 e. The Morgan fingerprint density at radius 2 is 2.13 bits per heavy atom. The Kier molecular flexibility index (Phi) is 4.98. The molecule has 0 spiro atoms. The molecule has 1 amide bonds. The molecule has 0 bridgehead atoms. The van der Waals surface area contributed by atoms with E-state index < -0.39 is 5.82 Å². The summed E-state index contributed by atoms with van der Waals surface area (Å²) in [5.41, 5.74) is 2.32. The van der Waals surface area contributed by atoms with Crippen LogP contribution in [0.4, 0.5) is 4.39 Å². The molecule has 2 aliphatic heterocycles. The lowest BCUT2D eigenvalue weighted by Crippen LogP contribution is -2.35. The topological polar surface area (TPSA) is 40.9 Å². The van der Waals surface area contributed by atoms with Gasteiger partial charge < -0.3 is 14.2 Å². The lowest BCUT2D eigenvalue weighted by Gasteiger charge is -2.29. The van der Waals surface area contributed by atoms with Crippen LogP contribution < -0.4 is 0 Å². The summed E-state index contributed by atoms with van der Waals surface area (Å²) in [5, 5.41) is 0.277. The molecule has 5 nitrogen and oxygen atoms in total. The number of benzene rings is 1. The van der Waals surface area contributed by atoms with Crippen molar-refractivity contribution in [1.82, 2.24) is 19.2 Å². The third-order valence-corrected chi connectivity index (χ3v) is 7.20. The molecule has 154 valence electrons. The maximum atomic E-state index is 14.1. The molecule has 2 atom stereocenters. The number of amides is 1. The monoisotopic (exact) mass is 422 g/mol. The third-order valence-electron chi connectivity index (χ3n) is 5.83. The van der Waals surface area contributed by atoms with E-state index in [0.29, 0.717) is 19.0 Å². The molecule has 3 aromatic rings. The number of likely N-dealkylation sites (tertiary alicyclic amines) is 1. The van der Waals surface area contributed by atoms with E-state index in [1.807, 2.05) is 28.6 Å². The highest BCUT2D eigenvalue weighted by molar-refractivity contribution is 8.03. The largest absolute Gasteiger partial charge is 0.360 e. The van der Waals surface area contributed by atoms with Crippen LogP contribution in [0.2, 0.25) is 0 Å². The Morgan fingerprint density at radius 1 is 1.27 bits per heavy atom. The Balaban J connectivity index is 1.30. The van der Waals surface area contributed by atoms with Crippen LogP contribution in [0, 0.1) is 11.7 Å². The lowest BCUT2D eigenvalue weighted by atomic mass is 10.1. The Labute approximate surface area is 179 Å². The maximum absolute atomic E-state index is 14.1. The van der Waals surface area contributed by atoms with Crippen LogP contribution in [0.1, 0.15) is 29.3 Å². The van der Waals surface area contributed by atoms with Gasteiger partial charge >= 0.3 is 0 Å². The van der Waals surface area contributed by atoms with Crippen molar-refractivity contribution in [1.29, 1.82) is 0 Å². The van der Waals surface area contributed by atoms with Crippen LogP contribution in [-0.2, 0) is 6.54 Å². The highest BCUT2D eigenvalue weighted by Gasteiger charge is 2.37. The Morgan fingerprint density at radius 3 is 3.00 bits per heavy atom. The molecule has 5 rings (SSSR count). The molecule has 1 aromatic carbocycles. The number of aromatic nitrogens is 2. The van der Waals surface area contributed by atoms with Gasteiger partial charge in [-0.3, -0.25) is 4.79 Å². The number of fused-ring (bicyclic) bond motifs is 1. The van der Waals surface area contributed by atoms with Gasteiger partial charge in [0.15, 0.2) is 0 Å². The number of halogens is 1. The molecular weight excluding hydrogens is 399 g/mol. The van der Waals surface area contributed by atoms with Gasteiger partial charge in [-0.15, -0.1) is 11.8 Å². The lowest BCUT2D eigenvalue weighted by molar-refractivity contribution is 0.0779. The van der Waals surface area contributed by atoms with E-state index in [4.69, 9.17) is 0 Å². The molecule has 2 unspecified atom stereocenters. The summed E-state index contributed by atoms with van der Waals surface area (Å²) in [4.78, 5) is 22.6. The van der Waals surface area contributed by atoms with Gasteiger partial charge in [0.1, 0.15) is 11.5 Å². The average molecular weight is 423 g/mol. The quantitative estimate of drug-likeness (QED) is 0.626. The van der Waals surface area contributed by atoms with Crippen LogP contribution in [0.25, 0.3) is 5.65 Å². The SMILES string of the molecule is CC1=CN(Cc2ccn3ccnc3c2)C(C2CCN(C(=O)c3ccccc3F)C2)S1. The number of nitrogens with zero attached hydrogens (tertiary/aromatic N) is 4. The Bertz CT molecular complexity index is 1130. The molecule has 0 N–H and O–H groups in total. The van der Waals surface area contributed by atoms with Crippen molar-refractivity contribution in [2.75, 3.05) is 13.1 Å². The first-order valence-electron chi connectivity index (χ1n) is 10.1. The fourth-order valence-electron chi connectivity index (χ4n) is 4.37. The second-order valence-electron chi connectivity index (χ2n) is 7.93. The van der Waals surface area contributed by atoms with E-state index in [9.17, 15) is 9.18 Å². The van der Waals surface area contributed by atoms with E-state index in [-0.39, 0.29) is 16.8 Å². The van der Waals surface area contributed by atoms with Crippen molar-refractivity contribution >= 4 is 23.3 Å². The zero-order valence-corrected chi connectivity index (χ0v) is 17.6. The standard InChI is InChI=1S/C23H23FN4OS/c1-16-13-28(14-17-6-9-26-11-8-25-21(26)12-17)23(30-16)18-7-10-27(15-18)22(29)19-4-2-3-5-20(19)24/h2-6,8-9,11-13,18,23H,7,10,14-15H2,1H3. The molecule has 1 saturated heterocycles. The number of allylic oxidation sites excluding steroid dienone is 1. The number of carbonyl (C=O) groups excluding carboxylic acids is 1. The molecular formula is C23H23FN4OS. The normalized spacial score (nSPS) is 21.5. The first kappa shape index (κ1) is 19.2. The van der Waals surface area contributed by atoms with Gasteiger partial charge in [0.2, 0.25) is 0 Å². The van der Waals surface area contributed by atoms with Crippen molar-refractivity contribution < 1.29 is 9.18 Å². The number of pyridine rings is 1. The van der Waals surface area contributed by atoms with Crippen LogP contribution in [-0.4, -0.2) is 43.6 Å². The van der Waals surface area contributed by atoms with Crippen LogP contribution in [0.5, 0.6) is 0 Å². The molecule has 30 heavy (non-hydrogen) atoms. The number of imidazole rings is 1. The molecule has 0 saturated carbocycles. The average Bonchev–Trinajstić information content (AvgIpc) is 3.47. The van der Waals surface area contributed by atoms with Gasteiger partial charge in [-0.2, -0.15) is 0 Å². The van der Waals surface area contributed by atoms with E-state index in [1.54, 1.807) is 29.3 Å². The minimum absolute atomic E-state index is 0.163. The first-order valence-corrected chi connectivity index (χ1v) is 11.0. The molecule has 2 aliphatic rings. The van der Waals surface area contributed by atoms with Gasteiger partial charge in [-0.05, 0) is 48.1 Å². The fourth-order valence-corrected chi connectivity index (χ4v) is 5.63. The summed E-state index contributed by atoms with van der Waals surface area (Å²) in [7, 11) is 0. The summed E-state index contributed by atoms with van der Waals surface area (Å²) < 4.78 is 16.1. The van der Waals surface area contributed by atoms with E-state index in [0.717, 1.165) is 18.6 Å². The van der Waals surface area contributed by atoms with Gasteiger partial charge in [0.05, 0.1) is 10.9 Å². The maximum Gasteiger partial charge on any atom is 0.256 e. The minimum atomic E-state index is -0.449. The number of rotatable bonds is 4. The van der Waals surface area contributed by atoms with Gasteiger partial charge in [-0.25, -0.2) is 9.37 Å².